The zero-order valence-corrected chi connectivity index (χ0v) is 13.7. The highest BCUT2D eigenvalue weighted by molar-refractivity contribution is 7.89. The number of hydrogen-bond acceptors (Lipinski definition) is 2. The molecule has 0 saturated heterocycles. The van der Waals surface area contributed by atoms with E-state index in [4.69, 9.17) is 0 Å². The summed E-state index contributed by atoms with van der Waals surface area (Å²) in [6.07, 6.45) is 0.940. The third kappa shape index (κ3) is 3.72. The van der Waals surface area contributed by atoms with E-state index >= 15 is 0 Å². The minimum atomic E-state index is -3.68. The van der Waals surface area contributed by atoms with Gasteiger partial charge in [-0.05, 0) is 55.2 Å². The van der Waals surface area contributed by atoms with E-state index in [9.17, 15) is 12.8 Å². The van der Waals surface area contributed by atoms with Gasteiger partial charge < -0.3 is 0 Å². The molecule has 2 rings (SSSR count). The van der Waals surface area contributed by atoms with Crippen LogP contribution in [0.25, 0.3) is 0 Å². The van der Waals surface area contributed by atoms with Crippen LogP contribution in [0.5, 0.6) is 0 Å². The third-order valence-corrected chi connectivity index (χ3v) is 5.20. The van der Waals surface area contributed by atoms with Crippen molar-refractivity contribution < 1.29 is 12.8 Å². The molecular formula is C17H20FNO2S. The Bertz CT molecular complexity index is 755. The number of benzene rings is 2. The molecule has 0 aromatic heterocycles. The average Bonchev–Trinajstić information content (AvgIpc) is 2.49. The van der Waals surface area contributed by atoms with E-state index in [1.54, 1.807) is 13.8 Å². The fraction of sp³-hybridized carbons (Fsp3) is 0.294. The van der Waals surface area contributed by atoms with Crippen molar-refractivity contribution in [1.29, 1.82) is 0 Å². The van der Waals surface area contributed by atoms with E-state index in [0.717, 1.165) is 12.0 Å². The second-order valence-electron chi connectivity index (χ2n) is 5.35. The van der Waals surface area contributed by atoms with Crippen LogP contribution in [0.2, 0.25) is 0 Å². The zero-order chi connectivity index (χ0) is 16.3. The van der Waals surface area contributed by atoms with Gasteiger partial charge in [-0.25, -0.2) is 17.5 Å². The molecule has 0 unspecified atom stereocenters. The highest BCUT2D eigenvalue weighted by atomic mass is 32.2. The first-order chi connectivity index (χ1) is 10.3. The molecule has 0 bridgehead atoms. The monoisotopic (exact) mass is 321 g/mol. The van der Waals surface area contributed by atoms with Gasteiger partial charge in [0.05, 0.1) is 4.90 Å². The van der Waals surface area contributed by atoms with E-state index in [0.29, 0.717) is 5.56 Å². The predicted molar refractivity (Wildman–Crippen MR) is 85.7 cm³/mol. The van der Waals surface area contributed by atoms with Gasteiger partial charge in [-0.1, -0.05) is 31.2 Å². The lowest BCUT2D eigenvalue weighted by Gasteiger charge is -2.15. The largest absolute Gasteiger partial charge is 0.241 e. The van der Waals surface area contributed by atoms with Gasteiger partial charge >= 0.3 is 0 Å². The number of hydrogen-bond donors (Lipinski definition) is 1. The Balaban J connectivity index is 2.21. The minimum absolute atomic E-state index is 0.0726. The van der Waals surface area contributed by atoms with Gasteiger partial charge in [0.15, 0.2) is 0 Å². The van der Waals surface area contributed by atoms with Crippen LogP contribution >= 0.6 is 0 Å². The van der Waals surface area contributed by atoms with E-state index in [2.05, 4.69) is 11.6 Å². The van der Waals surface area contributed by atoms with Crippen LogP contribution < -0.4 is 4.72 Å². The van der Waals surface area contributed by atoms with E-state index < -0.39 is 15.8 Å². The Morgan fingerprint density at radius 2 is 1.77 bits per heavy atom. The Kier molecular flexibility index (Phi) is 4.98. The summed E-state index contributed by atoms with van der Waals surface area (Å²) in [5.41, 5.74) is 2.40. The lowest BCUT2D eigenvalue weighted by molar-refractivity contribution is 0.566. The molecule has 0 aliphatic rings. The maximum atomic E-state index is 13.3. The summed E-state index contributed by atoms with van der Waals surface area (Å²) in [4.78, 5) is 0.0726. The fourth-order valence-electron chi connectivity index (χ4n) is 2.20. The molecule has 2 aromatic carbocycles. The van der Waals surface area contributed by atoms with E-state index in [1.807, 2.05) is 24.3 Å². The molecule has 5 heteroatoms. The lowest BCUT2D eigenvalue weighted by atomic mass is 10.1. The number of rotatable bonds is 5. The molecule has 0 radical (unpaired) electrons. The number of nitrogens with one attached hydrogen (secondary N) is 1. The van der Waals surface area contributed by atoms with Gasteiger partial charge in [-0.3, -0.25) is 0 Å². The molecule has 1 atom stereocenters. The second-order valence-corrected chi connectivity index (χ2v) is 7.06. The molecular weight excluding hydrogens is 301 g/mol. The number of aryl methyl sites for hydroxylation is 2. The molecule has 22 heavy (non-hydrogen) atoms. The van der Waals surface area contributed by atoms with Crippen molar-refractivity contribution >= 4 is 10.0 Å². The lowest BCUT2D eigenvalue weighted by Crippen LogP contribution is -2.27. The van der Waals surface area contributed by atoms with Crippen molar-refractivity contribution in [3.05, 3.63) is 65.0 Å². The molecule has 0 saturated carbocycles. The Morgan fingerprint density at radius 3 is 2.32 bits per heavy atom. The molecule has 0 fully saturated rings. The van der Waals surface area contributed by atoms with Gasteiger partial charge in [-0.15, -0.1) is 0 Å². The van der Waals surface area contributed by atoms with Crippen LogP contribution in [-0.4, -0.2) is 8.42 Å². The molecule has 0 aliphatic carbocycles. The normalized spacial score (nSPS) is 13.1. The topological polar surface area (TPSA) is 46.2 Å². The number of halogens is 1. The van der Waals surface area contributed by atoms with Crippen LogP contribution in [0, 0.1) is 12.7 Å². The van der Waals surface area contributed by atoms with Crippen LogP contribution in [-0.2, 0) is 16.4 Å². The summed E-state index contributed by atoms with van der Waals surface area (Å²) >= 11 is 0. The Hall–Kier alpha value is -1.72. The quantitative estimate of drug-likeness (QED) is 0.912. The summed E-state index contributed by atoms with van der Waals surface area (Å²) < 4.78 is 40.6. The predicted octanol–water partition coefficient (Wildman–Crippen LogP) is 3.74. The first-order valence-corrected chi connectivity index (χ1v) is 8.69. The van der Waals surface area contributed by atoms with Gasteiger partial charge in [0.1, 0.15) is 5.82 Å². The standard InChI is InChI=1S/C17H20FNO2S/c1-4-14-5-7-15(8-6-14)13(3)19-22(20,21)16-9-10-17(18)12(2)11-16/h5-11,13,19H,4H2,1-3H3/t13-/m0/s1. The van der Waals surface area contributed by atoms with Crippen LogP contribution in [0.15, 0.2) is 47.4 Å². The first kappa shape index (κ1) is 16.6. The summed E-state index contributed by atoms with van der Waals surface area (Å²) in [6.45, 7) is 5.40. The van der Waals surface area contributed by atoms with Crippen molar-refractivity contribution in [2.45, 2.75) is 38.1 Å². The summed E-state index contributed by atoms with van der Waals surface area (Å²) in [6, 6.07) is 11.2. The van der Waals surface area contributed by atoms with Crippen molar-refractivity contribution in [3.63, 3.8) is 0 Å². The summed E-state index contributed by atoms with van der Waals surface area (Å²) in [7, 11) is -3.68. The van der Waals surface area contributed by atoms with Crippen molar-refractivity contribution in [2.75, 3.05) is 0 Å². The molecule has 2 aromatic rings. The van der Waals surface area contributed by atoms with Gasteiger partial charge in [0.2, 0.25) is 10.0 Å². The summed E-state index contributed by atoms with van der Waals surface area (Å²) in [5, 5.41) is 0. The molecule has 0 aliphatic heterocycles. The molecule has 0 heterocycles. The minimum Gasteiger partial charge on any atom is -0.207 e. The van der Waals surface area contributed by atoms with E-state index in [1.165, 1.54) is 23.8 Å². The molecule has 0 amide bonds. The second kappa shape index (κ2) is 6.58. The van der Waals surface area contributed by atoms with Crippen molar-refractivity contribution in [3.8, 4) is 0 Å². The molecule has 3 nitrogen and oxygen atoms in total. The fourth-order valence-corrected chi connectivity index (χ4v) is 3.51. The van der Waals surface area contributed by atoms with Gasteiger partial charge in [0, 0.05) is 6.04 Å². The molecule has 0 spiro atoms. The maximum absolute atomic E-state index is 13.3. The first-order valence-electron chi connectivity index (χ1n) is 7.21. The van der Waals surface area contributed by atoms with E-state index in [-0.39, 0.29) is 10.9 Å². The Labute approximate surface area is 131 Å². The molecule has 118 valence electrons. The smallest absolute Gasteiger partial charge is 0.207 e. The zero-order valence-electron chi connectivity index (χ0n) is 12.9. The molecule has 1 N–H and O–H groups in total. The van der Waals surface area contributed by atoms with Crippen molar-refractivity contribution in [2.24, 2.45) is 0 Å². The van der Waals surface area contributed by atoms with Crippen molar-refractivity contribution in [1.82, 2.24) is 4.72 Å². The SMILES string of the molecule is CCc1ccc([C@H](C)NS(=O)(=O)c2ccc(F)c(C)c2)cc1. The van der Waals surface area contributed by atoms with Gasteiger partial charge in [-0.2, -0.15) is 0 Å². The highest BCUT2D eigenvalue weighted by Gasteiger charge is 2.19. The highest BCUT2D eigenvalue weighted by Crippen LogP contribution is 2.19. The Morgan fingerprint density at radius 1 is 1.14 bits per heavy atom. The average molecular weight is 321 g/mol. The van der Waals surface area contributed by atoms with Gasteiger partial charge in [0.25, 0.3) is 0 Å². The summed E-state index contributed by atoms with van der Waals surface area (Å²) in [5.74, 6) is -0.415. The number of sulfonamides is 1. The van der Waals surface area contributed by atoms with Crippen LogP contribution in [0.4, 0.5) is 4.39 Å². The maximum Gasteiger partial charge on any atom is 0.241 e. The van der Waals surface area contributed by atoms with Crippen LogP contribution in [0.1, 0.15) is 36.6 Å². The third-order valence-electron chi connectivity index (χ3n) is 3.66. The van der Waals surface area contributed by atoms with Crippen LogP contribution in [0.3, 0.4) is 0 Å².